The minimum Gasteiger partial charge on any atom is -0.489 e. The van der Waals surface area contributed by atoms with Gasteiger partial charge in [-0.05, 0) is 18.6 Å². The van der Waals surface area contributed by atoms with E-state index < -0.39 is 0 Å². The van der Waals surface area contributed by atoms with Crippen LogP contribution in [0.25, 0.3) is 0 Å². The summed E-state index contributed by atoms with van der Waals surface area (Å²) >= 11 is 6.31. The van der Waals surface area contributed by atoms with E-state index in [9.17, 15) is 9.59 Å². The number of ether oxygens (including phenoxy) is 3. The molecule has 0 atom stereocenters. The molecule has 0 radical (unpaired) electrons. The van der Waals surface area contributed by atoms with Gasteiger partial charge in [0, 0.05) is 58.4 Å². The molecule has 160 valence electrons. The monoisotopic (exact) mass is 425 g/mol. The van der Waals surface area contributed by atoms with Gasteiger partial charge < -0.3 is 24.4 Å². The molecule has 9 heteroatoms. The van der Waals surface area contributed by atoms with E-state index in [1.165, 1.54) is 0 Å². The zero-order valence-electron chi connectivity index (χ0n) is 16.7. The topological polar surface area (TPSA) is 80.3 Å². The van der Waals surface area contributed by atoms with E-state index in [-0.39, 0.29) is 11.8 Å². The largest absolute Gasteiger partial charge is 0.489 e. The minimum atomic E-state index is -0.0915. The summed E-state index contributed by atoms with van der Waals surface area (Å²) in [4.78, 5) is 28.7. The maximum absolute atomic E-state index is 12.9. The molecule has 2 aliphatic rings. The van der Waals surface area contributed by atoms with Gasteiger partial charge in [-0.3, -0.25) is 14.5 Å². The Kier molecular flexibility index (Phi) is 7.97. The van der Waals surface area contributed by atoms with E-state index >= 15 is 0 Å². The Morgan fingerprint density at radius 2 is 1.93 bits per heavy atom. The van der Waals surface area contributed by atoms with Crippen molar-refractivity contribution in [1.29, 1.82) is 0 Å². The van der Waals surface area contributed by atoms with E-state index in [2.05, 4.69) is 10.2 Å². The third-order valence-corrected chi connectivity index (χ3v) is 5.20. The number of hydrogen-bond donors (Lipinski definition) is 1. The summed E-state index contributed by atoms with van der Waals surface area (Å²) in [7, 11) is 1.64. The van der Waals surface area contributed by atoms with E-state index in [1.807, 2.05) is 0 Å². The van der Waals surface area contributed by atoms with Crippen molar-refractivity contribution in [3.8, 4) is 11.5 Å². The van der Waals surface area contributed by atoms with Gasteiger partial charge in [0.25, 0.3) is 5.91 Å². The first kappa shape index (κ1) is 21.7. The predicted octanol–water partition coefficient (Wildman–Crippen LogP) is 1.41. The van der Waals surface area contributed by atoms with Crippen molar-refractivity contribution >= 4 is 23.4 Å². The maximum Gasteiger partial charge on any atom is 0.254 e. The van der Waals surface area contributed by atoms with Crippen molar-refractivity contribution in [2.75, 3.05) is 66.2 Å². The van der Waals surface area contributed by atoms with Crippen molar-refractivity contribution < 1.29 is 23.8 Å². The van der Waals surface area contributed by atoms with Gasteiger partial charge in [-0.15, -0.1) is 0 Å². The fourth-order valence-electron chi connectivity index (χ4n) is 3.35. The van der Waals surface area contributed by atoms with E-state index in [4.69, 9.17) is 25.8 Å². The molecular weight excluding hydrogens is 398 g/mol. The number of piperazine rings is 1. The molecule has 1 fully saturated rings. The summed E-state index contributed by atoms with van der Waals surface area (Å²) in [5.74, 6) is 0.922. The molecule has 3 rings (SSSR count). The molecule has 1 aromatic rings. The Balaban J connectivity index is 1.51. The summed E-state index contributed by atoms with van der Waals surface area (Å²) in [6, 6.07) is 3.34. The molecule has 0 spiro atoms. The number of nitrogens with one attached hydrogen (secondary N) is 1. The molecule has 0 saturated carbocycles. The van der Waals surface area contributed by atoms with Crippen LogP contribution in [0.5, 0.6) is 11.5 Å². The summed E-state index contributed by atoms with van der Waals surface area (Å²) in [6.07, 6.45) is 1.57. The Bertz CT molecular complexity index is 722. The number of carbonyl (C=O) groups excluding carboxylic acids is 2. The van der Waals surface area contributed by atoms with Gasteiger partial charge in [-0.1, -0.05) is 11.6 Å². The van der Waals surface area contributed by atoms with Crippen LogP contribution in [0.2, 0.25) is 5.02 Å². The predicted molar refractivity (Wildman–Crippen MR) is 109 cm³/mol. The van der Waals surface area contributed by atoms with Crippen LogP contribution in [-0.4, -0.2) is 87.8 Å². The summed E-state index contributed by atoms with van der Waals surface area (Å²) in [5.41, 5.74) is 0.489. The number of methoxy groups -OCH3 is 1. The van der Waals surface area contributed by atoms with Crippen LogP contribution in [0.15, 0.2) is 12.1 Å². The van der Waals surface area contributed by atoms with Gasteiger partial charge in [0.05, 0.1) is 24.8 Å². The lowest BCUT2D eigenvalue weighted by Gasteiger charge is -2.34. The number of amides is 2. The number of nitrogens with zero attached hydrogens (tertiary/aromatic N) is 2. The van der Waals surface area contributed by atoms with Gasteiger partial charge in [0.15, 0.2) is 11.5 Å². The molecule has 29 heavy (non-hydrogen) atoms. The van der Waals surface area contributed by atoms with Gasteiger partial charge in [0.2, 0.25) is 5.91 Å². The first-order valence-electron chi connectivity index (χ1n) is 9.95. The fraction of sp³-hybridized carbons (Fsp3) is 0.600. The van der Waals surface area contributed by atoms with E-state index in [0.29, 0.717) is 81.2 Å². The number of benzene rings is 1. The van der Waals surface area contributed by atoms with Crippen molar-refractivity contribution in [1.82, 2.24) is 15.1 Å². The molecule has 1 saturated heterocycles. The van der Waals surface area contributed by atoms with Crippen molar-refractivity contribution in [3.05, 3.63) is 22.7 Å². The van der Waals surface area contributed by atoms with Gasteiger partial charge in [-0.25, -0.2) is 0 Å². The van der Waals surface area contributed by atoms with Crippen molar-refractivity contribution in [2.45, 2.75) is 12.8 Å². The minimum absolute atomic E-state index is 0.00411. The van der Waals surface area contributed by atoms with Gasteiger partial charge in [0.1, 0.15) is 0 Å². The second-order valence-electron chi connectivity index (χ2n) is 7.10. The van der Waals surface area contributed by atoms with E-state index in [0.717, 1.165) is 12.8 Å². The van der Waals surface area contributed by atoms with E-state index in [1.54, 1.807) is 24.1 Å². The summed E-state index contributed by atoms with van der Waals surface area (Å²) in [6.45, 7) is 5.07. The smallest absolute Gasteiger partial charge is 0.254 e. The van der Waals surface area contributed by atoms with Crippen molar-refractivity contribution in [2.24, 2.45) is 0 Å². The molecule has 0 bridgehead atoms. The maximum atomic E-state index is 12.9. The normalized spacial score (nSPS) is 17.0. The molecule has 2 amide bonds. The summed E-state index contributed by atoms with van der Waals surface area (Å²) < 4.78 is 16.3. The molecular formula is C20H28ClN3O5. The van der Waals surface area contributed by atoms with Gasteiger partial charge in [-0.2, -0.15) is 0 Å². The highest BCUT2D eigenvalue weighted by atomic mass is 35.5. The SMILES string of the molecule is COCCCNC(=O)CN1CCN(C(=O)c2cc(Cl)c3c(c2)OCCCO3)CC1. The highest BCUT2D eigenvalue weighted by Crippen LogP contribution is 2.38. The number of hydrogen-bond acceptors (Lipinski definition) is 6. The number of fused-ring (bicyclic) bond motifs is 1. The summed E-state index contributed by atoms with van der Waals surface area (Å²) in [5, 5.41) is 3.27. The Hall–Kier alpha value is -2.03. The average Bonchev–Trinajstić information content (AvgIpc) is 2.97. The molecule has 2 heterocycles. The molecule has 8 nitrogen and oxygen atoms in total. The van der Waals surface area contributed by atoms with Crippen LogP contribution >= 0.6 is 11.6 Å². The van der Waals surface area contributed by atoms with Crippen LogP contribution in [0, 0.1) is 0 Å². The second-order valence-corrected chi connectivity index (χ2v) is 7.51. The highest BCUT2D eigenvalue weighted by Gasteiger charge is 2.25. The molecule has 1 N–H and O–H groups in total. The third-order valence-electron chi connectivity index (χ3n) is 4.92. The quantitative estimate of drug-likeness (QED) is 0.665. The number of halogens is 1. The highest BCUT2D eigenvalue weighted by molar-refractivity contribution is 6.32. The Morgan fingerprint density at radius 3 is 2.69 bits per heavy atom. The van der Waals surface area contributed by atoms with Crippen LogP contribution in [0.3, 0.4) is 0 Å². The Labute approximate surface area is 176 Å². The Morgan fingerprint density at radius 1 is 1.17 bits per heavy atom. The third kappa shape index (κ3) is 5.98. The average molecular weight is 426 g/mol. The van der Waals surface area contributed by atoms with Crippen LogP contribution < -0.4 is 14.8 Å². The standard InChI is InChI=1S/C20H28ClN3O5/c1-27-9-2-4-22-18(25)14-23-5-7-24(8-6-23)20(26)15-12-16(21)19-17(13-15)28-10-3-11-29-19/h12-13H,2-11,14H2,1H3,(H,22,25). The molecule has 0 aromatic heterocycles. The molecule has 2 aliphatic heterocycles. The zero-order valence-corrected chi connectivity index (χ0v) is 17.5. The van der Waals surface area contributed by atoms with Crippen LogP contribution in [0.1, 0.15) is 23.2 Å². The lowest BCUT2D eigenvalue weighted by Crippen LogP contribution is -2.51. The fourth-order valence-corrected chi connectivity index (χ4v) is 3.61. The van der Waals surface area contributed by atoms with Crippen LogP contribution in [0.4, 0.5) is 0 Å². The number of rotatable bonds is 7. The lowest BCUT2D eigenvalue weighted by atomic mass is 10.1. The number of carbonyl (C=O) groups is 2. The lowest BCUT2D eigenvalue weighted by molar-refractivity contribution is -0.122. The first-order valence-corrected chi connectivity index (χ1v) is 10.3. The molecule has 0 unspecified atom stereocenters. The zero-order chi connectivity index (χ0) is 20.6. The van der Waals surface area contributed by atoms with Crippen molar-refractivity contribution in [3.63, 3.8) is 0 Å². The molecule has 0 aliphatic carbocycles. The van der Waals surface area contributed by atoms with Gasteiger partial charge >= 0.3 is 0 Å². The second kappa shape index (κ2) is 10.7. The first-order chi connectivity index (χ1) is 14.1. The van der Waals surface area contributed by atoms with Crippen LogP contribution in [-0.2, 0) is 9.53 Å². The molecule has 1 aromatic carbocycles.